The van der Waals surface area contributed by atoms with Gasteiger partial charge in [0.2, 0.25) is 0 Å². The summed E-state index contributed by atoms with van der Waals surface area (Å²) in [6, 6.07) is 11.7. The second kappa shape index (κ2) is 5.21. The van der Waals surface area contributed by atoms with Crippen molar-refractivity contribution in [3.8, 4) is 5.69 Å². The van der Waals surface area contributed by atoms with Gasteiger partial charge in [0.1, 0.15) is 11.3 Å². The first-order valence-corrected chi connectivity index (χ1v) is 6.72. The van der Waals surface area contributed by atoms with Gasteiger partial charge in [-0.1, -0.05) is 18.2 Å². The molecule has 5 heteroatoms. The van der Waals surface area contributed by atoms with E-state index in [2.05, 4.69) is 4.98 Å². The monoisotopic (exact) mass is 292 g/mol. The number of halogens is 3. The minimum absolute atomic E-state index is 0.149. The number of fused-ring (bicyclic) bond motifs is 1. The second-order valence-corrected chi connectivity index (χ2v) is 4.75. The fourth-order valence-electron chi connectivity index (χ4n) is 2.26. The Bertz CT molecular complexity index is 753. The summed E-state index contributed by atoms with van der Waals surface area (Å²) in [5.41, 5.74) is 1.31. The number of benzene rings is 2. The molecule has 0 fully saturated rings. The number of hydrogen-bond acceptors (Lipinski definition) is 1. The molecule has 0 aliphatic heterocycles. The van der Waals surface area contributed by atoms with Gasteiger partial charge in [-0.2, -0.15) is 0 Å². The van der Waals surface area contributed by atoms with E-state index < -0.39 is 11.6 Å². The van der Waals surface area contributed by atoms with Gasteiger partial charge in [-0.15, -0.1) is 11.6 Å². The molecule has 0 spiro atoms. The lowest BCUT2D eigenvalue weighted by molar-refractivity contribution is 0.514. The molecule has 2 nitrogen and oxygen atoms in total. The summed E-state index contributed by atoms with van der Waals surface area (Å²) in [7, 11) is 0. The summed E-state index contributed by atoms with van der Waals surface area (Å²) in [6.45, 7) is 0. The smallest absolute Gasteiger partial charge is 0.185 e. The molecule has 1 heterocycles. The average molecular weight is 293 g/mol. The van der Waals surface area contributed by atoms with Crippen molar-refractivity contribution in [2.75, 3.05) is 5.88 Å². The first-order chi connectivity index (χ1) is 9.72. The van der Waals surface area contributed by atoms with E-state index in [0.717, 1.165) is 11.8 Å². The molecule has 2 aromatic carbocycles. The summed E-state index contributed by atoms with van der Waals surface area (Å²) in [6.07, 6.45) is 0.478. The van der Waals surface area contributed by atoms with Crippen molar-refractivity contribution >= 4 is 22.6 Å². The lowest BCUT2D eigenvalue weighted by atomic mass is 10.2. The Hall–Kier alpha value is -1.94. The molecule has 0 radical (unpaired) electrons. The van der Waals surface area contributed by atoms with Crippen molar-refractivity contribution in [3.05, 3.63) is 59.9 Å². The third-order valence-corrected chi connectivity index (χ3v) is 3.30. The molecule has 20 heavy (non-hydrogen) atoms. The van der Waals surface area contributed by atoms with Crippen LogP contribution in [0.2, 0.25) is 0 Å². The largest absolute Gasteiger partial charge is 0.294 e. The van der Waals surface area contributed by atoms with Crippen LogP contribution in [0.1, 0.15) is 5.82 Å². The molecule has 0 saturated heterocycles. The third kappa shape index (κ3) is 2.06. The van der Waals surface area contributed by atoms with E-state index in [-0.39, 0.29) is 5.52 Å². The second-order valence-electron chi connectivity index (χ2n) is 4.37. The van der Waals surface area contributed by atoms with E-state index in [4.69, 9.17) is 11.6 Å². The van der Waals surface area contributed by atoms with Crippen molar-refractivity contribution in [2.45, 2.75) is 6.42 Å². The molecule has 0 bridgehead atoms. The van der Waals surface area contributed by atoms with Gasteiger partial charge in [-0.3, -0.25) is 4.57 Å². The number of aryl methyl sites for hydroxylation is 1. The summed E-state index contributed by atoms with van der Waals surface area (Å²) in [5, 5.41) is 0. The van der Waals surface area contributed by atoms with Crippen LogP contribution in [-0.4, -0.2) is 15.4 Å². The standard InChI is InChI=1S/C15H11ClF2N2/c16-9-8-13-19-12-7-6-11(17)14(18)15(12)20(13)10-4-2-1-3-5-10/h1-7H,8-9H2. The Morgan fingerprint density at radius 1 is 1.05 bits per heavy atom. The fraction of sp³-hybridized carbons (Fsp3) is 0.133. The van der Waals surface area contributed by atoms with Gasteiger partial charge >= 0.3 is 0 Å². The lowest BCUT2D eigenvalue weighted by Gasteiger charge is -2.08. The molecule has 0 saturated carbocycles. The van der Waals surface area contributed by atoms with Crippen LogP contribution in [0, 0.1) is 11.6 Å². The molecule has 0 unspecified atom stereocenters. The van der Waals surface area contributed by atoms with Gasteiger partial charge in [0.25, 0.3) is 0 Å². The highest BCUT2D eigenvalue weighted by Gasteiger charge is 2.18. The zero-order valence-corrected chi connectivity index (χ0v) is 11.2. The van der Waals surface area contributed by atoms with E-state index >= 15 is 0 Å². The molecule has 3 rings (SSSR count). The molecular formula is C15H11ClF2N2. The van der Waals surface area contributed by atoms with Crippen LogP contribution in [0.15, 0.2) is 42.5 Å². The fourth-order valence-corrected chi connectivity index (χ4v) is 2.43. The van der Waals surface area contributed by atoms with Crippen molar-refractivity contribution in [1.29, 1.82) is 0 Å². The number of para-hydroxylation sites is 1. The number of imidazole rings is 1. The normalized spacial score (nSPS) is 11.2. The molecule has 102 valence electrons. The quantitative estimate of drug-likeness (QED) is 0.665. The highest BCUT2D eigenvalue weighted by atomic mass is 35.5. The number of aromatic nitrogens is 2. The Kier molecular flexibility index (Phi) is 3.40. The van der Waals surface area contributed by atoms with Crippen molar-refractivity contribution in [1.82, 2.24) is 9.55 Å². The molecule has 0 aliphatic rings. The maximum absolute atomic E-state index is 14.1. The van der Waals surface area contributed by atoms with E-state index in [1.165, 1.54) is 6.07 Å². The van der Waals surface area contributed by atoms with Crippen molar-refractivity contribution < 1.29 is 8.78 Å². The summed E-state index contributed by atoms with van der Waals surface area (Å²) >= 11 is 5.77. The molecular weight excluding hydrogens is 282 g/mol. The topological polar surface area (TPSA) is 17.8 Å². The number of rotatable bonds is 3. The number of alkyl halides is 1. The predicted octanol–water partition coefficient (Wildman–Crippen LogP) is 4.09. The van der Waals surface area contributed by atoms with Crippen LogP contribution >= 0.6 is 11.6 Å². The highest BCUT2D eigenvalue weighted by molar-refractivity contribution is 6.17. The van der Waals surface area contributed by atoms with Gasteiger partial charge in [0.15, 0.2) is 11.6 Å². The van der Waals surface area contributed by atoms with Crippen LogP contribution in [0.25, 0.3) is 16.7 Å². The van der Waals surface area contributed by atoms with Crippen molar-refractivity contribution in [3.63, 3.8) is 0 Å². The highest BCUT2D eigenvalue weighted by Crippen LogP contribution is 2.26. The van der Waals surface area contributed by atoms with Crippen LogP contribution in [0.5, 0.6) is 0 Å². The van der Waals surface area contributed by atoms with Crippen LogP contribution in [0.4, 0.5) is 8.78 Å². The van der Waals surface area contributed by atoms with Crippen LogP contribution in [-0.2, 0) is 6.42 Å². The molecule has 0 N–H and O–H groups in total. The molecule has 0 atom stereocenters. The Labute approximate surface area is 119 Å². The SMILES string of the molecule is Fc1ccc2nc(CCCl)n(-c3ccccc3)c2c1F. The predicted molar refractivity (Wildman–Crippen MR) is 75.4 cm³/mol. The van der Waals surface area contributed by atoms with Gasteiger partial charge in [-0.25, -0.2) is 13.8 Å². The third-order valence-electron chi connectivity index (χ3n) is 3.11. The zero-order chi connectivity index (χ0) is 14.1. The Morgan fingerprint density at radius 2 is 1.80 bits per heavy atom. The maximum Gasteiger partial charge on any atom is 0.185 e. The number of nitrogens with zero attached hydrogens (tertiary/aromatic N) is 2. The Balaban J connectivity index is 2.37. The first kappa shape index (κ1) is 13.1. The van der Waals surface area contributed by atoms with E-state index in [1.54, 1.807) is 4.57 Å². The van der Waals surface area contributed by atoms with Crippen molar-refractivity contribution in [2.24, 2.45) is 0 Å². The van der Waals surface area contributed by atoms with Crippen LogP contribution < -0.4 is 0 Å². The molecule has 3 aromatic rings. The maximum atomic E-state index is 14.1. The van der Waals surface area contributed by atoms with Gasteiger partial charge in [-0.05, 0) is 24.3 Å². The summed E-state index contributed by atoms with van der Waals surface area (Å²) < 4.78 is 29.2. The minimum Gasteiger partial charge on any atom is -0.294 e. The molecule has 0 aliphatic carbocycles. The Morgan fingerprint density at radius 3 is 2.50 bits per heavy atom. The van der Waals surface area contributed by atoms with Crippen LogP contribution in [0.3, 0.4) is 0 Å². The lowest BCUT2D eigenvalue weighted by Crippen LogP contribution is -2.03. The summed E-state index contributed by atoms with van der Waals surface area (Å²) in [4.78, 5) is 4.35. The van der Waals surface area contributed by atoms with Gasteiger partial charge in [0.05, 0.1) is 5.52 Å². The van der Waals surface area contributed by atoms with E-state index in [0.29, 0.717) is 23.6 Å². The summed E-state index contributed by atoms with van der Waals surface area (Å²) in [5.74, 6) is -0.794. The van der Waals surface area contributed by atoms with Gasteiger partial charge < -0.3 is 0 Å². The molecule has 1 aromatic heterocycles. The van der Waals surface area contributed by atoms with E-state index in [1.807, 2.05) is 30.3 Å². The average Bonchev–Trinajstić information content (AvgIpc) is 2.83. The van der Waals surface area contributed by atoms with Gasteiger partial charge in [0, 0.05) is 18.0 Å². The zero-order valence-electron chi connectivity index (χ0n) is 10.5. The minimum atomic E-state index is -0.889. The van der Waals surface area contributed by atoms with E-state index in [9.17, 15) is 8.78 Å². The molecule has 0 amide bonds. The first-order valence-electron chi connectivity index (χ1n) is 6.19. The number of hydrogen-bond donors (Lipinski definition) is 0.